The molecular weight excluding hydrogens is 423 g/mol. The van der Waals surface area contributed by atoms with Gasteiger partial charge in [-0.1, -0.05) is 40.9 Å². The Hall–Kier alpha value is -2.32. The highest BCUT2D eigenvalue weighted by Crippen LogP contribution is 2.27. The lowest BCUT2D eigenvalue weighted by molar-refractivity contribution is 0.155. The van der Waals surface area contributed by atoms with Gasteiger partial charge in [0.25, 0.3) is 0 Å². The summed E-state index contributed by atoms with van der Waals surface area (Å²) in [5, 5.41) is 31.2. The van der Waals surface area contributed by atoms with Gasteiger partial charge >= 0.3 is 0 Å². The number of nitrogens with one attached hydrogen (secondary N) is 2. The van der Waals surface area contributed by atoms with Crippen LogP contribution in [0.1, 0.15) is 17.4 Å². The Balaban J connectivity index is 1.77. The number of aromatic nitrogens is 5. The standard InChI is InChI=1S/C18H15Cl3N6O/c19-11-2-4-15-16(6-11)26(8-12-7-23-25-24-12)18(22)27(15)9-17(28)10-1-3-13(20)14(21)5-10/h1-7,17,22,28H,8-9H2,(H,23,24,25). The van der Waals surface area contributed by atoms with Gasteiger partial charge in [0.15, 0.2) is 0 Å². The molecule has 1 atom stereocenters. The maximum Gasteiger partial charge on any atom is 0.203 e. The maximum absolute atomic E-state index is 10.7. The first kappa shape index (κ1) is 19.0. The molecule has 2 aromatic heterocycles. The van der Waals surface area contributed by atoms with Crippen molar-refractivity contribution in [3.05, 3.63) is 74.5 Å². The molecule has 0 aliphatic carbocycles. The van der Waals surface area contributed by atoms with Crippen LogP contribution in [0.4, 0.5) is 0 Å². The van der Waals surface area contributed by atoms with Crippen molar-refractivity contribution in [1.82, 2.24) is 24.5 Å². The molecule has 0 saturated heterocycles. The minimum Gasteiger partial charge on any atom is -0.387 e. The number of aliphatic hydroxyl groups is 1. The Labute approximate surface area is 174 Å². The molecule has 2 aromatic carbocycles. The van der Waals surface area contributed by atoms with Crippen LogP contribution in [-0.4, -0.2) is 29.7 Å². The van der Waals surface area contributed by atoms with Gasteiger partial charge < -0.3 is 14.2 Å². The van der Waals surface area contributed by atoms with Crippen LogP contribution in [0.5, 0.6) is 0 Å². The first-order valence-corrected chi connectivity index (χ1v) is 9.48. The van der Waals surface area contributed by atoms with Crippen molar-refractivity contribution >= 4 is 45.8 Å². The van der Waals surface area contributed by atoms with Crippen molar-refractivity contribution in [2.45, 2.75) is 19.2 Å². The molecule has 2 heterocycles. The van der Waals surface area contributed by atoms with E-state index in [0.29, 0.717) is 32.9 Å². The molecule has 10 heteroatoms. The average Bonchev–Trinajstić information content (AvgIpc) is 3.26. The minimum absolute atomic E-state index is 0.167. The third kappa shape index (κ3) is 3.54. The van der Waals surface area contributed by atoms with Crippen LogP contribution < -0.4 is 5.62 Å². The topological polar surface area (TPSA) is 95.5 Å². The number of H-pyrrole nitrogens is 1. The summed E-state index contributed by atoms with van der Waals surface area (Å²) in [4.78, 5) is 0. The lowest BCUT2D eigenvalue weighted by Crippen LogP contribution is -2.27. The van der Waals surface area contributed by atoms with Crippen LogP contribution in [0, 0.1) is 5.41 Å². The van der Waals surface area contributed by atoms with Crippen LogP contribution in [0.2, 0.25) is 15.1 Å². The molecule has 3 N–H and O–H groups in total. The van der Waals surface area contributed by atoms with E-state index in [-0.39, 0.29) is 12.2 Å². The molecule has 1 unspecified atom stereocenters. The van der Waals surface area contributed by atoms with Gasteiger partial charge in [0.05, 0.1) is 46.5 Å². The molecule has 0 aliphatic rings. The van der Waals surface area contributed by atoms with Gasteiger partial charge in [-0.05, 0) is 35.9 Å². The summed E-state index contributed by atoms with van der Waals surface area (Å²) < 4.78 is 3.49. The number of imidazole rings is 1. The molecule has 0 radical (unpaired) electrons. The van der Waals surface area contributed by atoms with Crippen LogP contribution >= 0.6 is 34.8 Å². The highest BCUT2D eigenvalue weighted by atomic mass is 35.5. The van der Waals surface area contributed by atoms with Gasteiger partial charge in [0, 0.05) is 5.02 Å². The summed E-state index contributed by atoms with van der Waals surface area (Å²) in [5.74, 6) is 0. The third-order valence-electron chi connectivity index (χ3n) is 4.50. The smallest absolute Gasteiger partial charge is 0.203 e. The molecule has 0 amide bonds. The Morgan fingerprint density at radius 3 is 2.57 bits per heavy atom. The second kappa shape index (κ2) is 7.60. The quantitative estimate of drug-likeness (QED) is 0.443. The first-order chi connectivity index (χ1) is 13.4. The zero-order chi connectivity index (χ0) is 19.8. The van der Waals surface area contributed by atoms with Crippen molar-refractivity contribution in [2.75, 3.05) is 0 Å². The molecule has 28 heavy (non-hydrogen) atoms. The lowest BCUT2D eigenvalue weighted by atomic mass is 10.1. The van der Waals surface area contributed by atoms with Crippen molar-refractivity contribution in [2.24, 2.45) is 0 Å². The van der Waals surface area contributed by atoms with E-state index in [0.717, 1.165) is 11.0 Å². The Morgan fingerprint density at radius 1 is 1.04 bits per heavy atom. The van der Waals surface area contributed by atoms with Crippen molar-refractivity contribution in [3.8, 4) is 0 Å². The van der Waals surface area contributed by atoms with E-state index >= 15 is 0 Å². The highest BCUT2D eigenvalue weighted by molar-refractivity contribution is 6.42. The number of fused-ring (bicyclic) bond motifs is 1. The fourth-order valence-corrected chi connectivity index (χ4v) is 3.59. The number of hydrogen-bond donors (Lipinski definition) is 3. The Morgan fingerprint density at radius 2 is 1.86 bits per heavy atom. The van der Waals surface area contributed by atoms with E-state index in [1.54, 1.807) is 45.7 Å². The fraction of sp³-hybridized carbons (Fsp3) is 0.167. The molecular formula is C18H15Cl3N6O. The molecule has 4 rings (SSSR count). The zero-order valence-electron chi connectivity index (χ0n) is 14.4. The largest absolute Gasteiger partial charge is 0.387 e. The van der Waals surface area contributed by atoms with Crippen LogP contribution in [-0.2, 0) is 13.1 Å². The van der Waals surface area contributed by atoms with E-state index < -0.39 is 6.10 Å². The summed E-state index contributed by atoms with van der Waals surface area (Å²) in [6.45, 7) is 0.517. The molecule has 4 aromatic rings. The molecule has 144 valence electrons. The minimum atomic E-state index is -0.870. The van der Waals surface area contributed by atoms with E-state index in [2.05, 4.69) is 15.4 Å². The maximum atomic E-state index is 10.7. The lowest BCUT2D eigenvalue weighted by Gasteiger charge is -2.13. The van der Waals surface area contributed by atoms with Crippen molar-refractivity contribution < 1.29 is 5.11 Å². The summed E-state index contributed by atoms with van der Waals surface area (Å²) in [6.07, 6.45) is 0.732. The predicted octanol–water partition coefficient (Wildman–Crippen LogP) is 3.78. The fourth-order valence-electron chi connectivity index (χ4n) is 3.12. The molecule has 7 nitrogen and oxygen atoms in total. The monoisotopic (exact) mass is 436 g/mol. The van der Waals surface area contributed by atoms with E-state index in [9.17, 15) is 5.11 Å². The summed E-state index contributed by atoms with van der Waals surface area (Å²) in [7, 11) is 0. The zero-order valence-corrected chi connectivity index (χ0v) is 16.7. The van der Waals surface area contributed by atoms with E-state index in [4.69, 9.17) is 40.2 Å². The highest BCUT2D eigenvalue weighted by Gasteiger charge is 2.17. The number of nitrogens with zero attached hydrogens (tertiary/aromatic N) is 4. The van der Waals surface area contributed by atoms with Gasteiger partial charge in [-0.3, -0.25) is 5.41 Å². The van der Waals surface area contributed by atoms with E-state index in [1.165, 1.54) is 0 Å². The average molecular weight is 438 g/mol. The SMILES string of the molecule is N=c1n(Cc2cn[nH]n2)c2cc(Cl)ccc2n1CC(O)c1ccc(Cl)c(Cl)c1. The number of aliphatic hydroxyl groups excluding tert-OH is 1. The van der Waals surface area contributed by atoms with Crippen molar-refractivity contribution in [3.63, 3.8) is 0 Å². The van der Waals surface area contributed by atoms with Gasteiger partial charge in [-0.25, -0.2) is 0 Å². The van der Waals surface area contributed by atoms with E-state index in [1.807, 2.05) is 6.07 Å². The molecule has 0 aliphatic heterocycles. The molecule has 0 saturated carbocycles. The molecule has 0 spiro atoms. The third-order valence-corrected chi connectivity index (χ3v) is 5.47. The van der Waals surface area contributed by atoms with Crippen molar-refractivity contribution in [1.29, 1.82) is 5.41 Å². The van der Waals surface area contributed by atoms with Crippen LogP contribution in [0.15, 0.2) is 42.6 Å². The number of rotatable bonds is 5. The number of halogens is 3. The molecule has 0 fully saturated rings. The number of benzene rings is 2. The van der Waals surface area contributed by atoms with Gasteiger partial charge in [0.1, 0.15) is 5.69 Å². The second-order valence-electron chi connectivity index (χ2n) is 6.30. The summed E-state index contributed by atoms with van der Waals surface area (Å²) in [6, 6.07) is 10.4. The summed E-state index contributed by atoms with van der Waals surface area (Å²) >= 11 is 18.2. The molecule has 0 bridgehead atoms. The first-order valence-electron chi connectivity index (χ1n) is 8.35. The number of hydrogen-bond acceptors (Lipinski definition) is 4. The number of aromatic amines is 1. The van der Waals surface area contributed by atoms with Crippen LogP contribution in [0.25, 0.3) is 11.0 Å². The van der Waals surface area contributed by atoms with Gasteiger partial charge in [0.2, 0.25) is 5.62 Å². The predicted molar refractivity (Wildman–Crippen MR) is 108 cm³/mol. The Kier molecular flexibility index (Phi) is 5.16. The van der Waals surface area contributed by atoms with Gasteiger partial charge in [-0.15, -0.1) is 0 Å². The van der Waals surface area contributed by atoms with Crippen LogP contribution in [0.3, 0.4) is 0 Å². The second-order valence-corrected chi connectivity index (χ2v) is 7.55. The summed E-state index contributed by atoms with van der Waals surface area (Å²) in [5.41, 5.74) is 3.05. The Bertz CT molecular complexity index is 1200. The normalized spacial score (nSPS) is 12.6. The van der Waals surface area contributed by atoms with Gasteiger partial charge in [-0.2, -0.15) is 15.4 Å².